The summed E-state index contributed by atoms with van der Waals surface area (Å²) in [4.78, 5) is 19.0. The Morgan fingerprint density at radius 3 is 2.86 bits per heavy atom. The van der Waals surface area contributed by atoms with Crippen molar-refractivity contribution in [1.82, 2.24) is 24.3 Å². The Bertz CT molecular complexity index is 1290. The molecule has 6 heterocycles. The number of pyridine rings is 2. The molecule has 0 saturated heterocycles. The van der Waals surface area contributed by atoms with Crippen LogP contribution in [0.25, 0.3) is 28.6 Å². The fourth-order valence-corrected chi connectivity index (χ4v) is 3.78. The Morgan fingerprint density at radius 1 is 1.00 bits per heavy atom. The van der Waals surface area contributed by atoms with Crippen LogP contribution in [0.1, 0.15) is 0 Å². The number of nitrogens with one attached hydrogen (secondary N) is 1. The Kier molecular flexibility index (Phi) is 3.43. The maximum absolute atomic E-state index is 5.78. The molecule has 29 heavy (non-hydrogen) atoms. The van der Waals surface area contributed by atoms with Gasteiger partial charge in [-0.25, -0.2) is 15.0 Å². The molecule has 5 aromatic heterocycles. The summed E-state index contributed by atoms with van der Waals surface area (Å²) in [5.74, 6) is 2.99. The molecule has 1 aliphatic rings. The minimum atomic E-state index is 0.552. The summed E-state index contributed by atoms with van der Waals surface area (Å²) in [5, 5.41) is 0. The topological polar surface area (TPSA) is 84.5 Å². The third-order valence-electron chi connectivity index (χ3n) is 4.97. The first-order valence-corrected chi connectivity index (χ1v) is 9.30. The predicted molar refractivity (Wildman–Crippen MR) is 107 cm³/mol. The van der Waals surface area contributed by atoms with Crippen LogP contribution in [0, 0.1) is 0 Å². The molecule has 0 unspecified atom stereocenters. The van der Waals surface area contributed by atoms with Gasteiger partial charge >= 0.3 is 0 Å². The van der Waals surface area contributed by atoms with E-state index in [4.69, 9.17) is 14.1 Å². The predicted octanol–water partition coefficient (Wildman–Crippen LogP) is 3.91. The molecule has 6 rings (SSSR count). The molecule has 0 atom stereocenters. The Hall–Kier alpha value is -4.07. The quantitative estimate of drug-likeness (QED) is 0.508. The van der Waals surface area contributed by atoms with Crippen LogP contribution in [0.5, 0.6) is 5.88 Å². The number of hydrogen-bond acceptors (Lipinski definition) is 6. The zero-order valence-electron chi connectivity index (χ0n) is 15.3. The van der Waals surface area contributed by atoms with Crippen LogP contribution in [-0.4, -0.2) is 37.5 Å². The van der Waals surface area contributed by atoms with Crippen molar-refractivity contribution in [2.75, 3.05) is 18.1 Å². The Balaban J connectivity index is 1.66. The first kappa shape index (κ1) is 15.9. The summed E-state index contributed by atoms with van der Waals surface area (Å²) in [6.45, 7) is 1.25. The molecule has 142 valence electrons. The highest BCUT2D eigenvalue weighted by molar-refractivity contribution is 5.80. The second-order valence-electron chi connectivity index (χ2n) is 6.63. The van der Waals surface area contributed by atoms with Gasteiger partial charge in [-0.15, -0.1) is 0 Å². The third kappa shape index (κ3) is 2.42. The van der Waals surface area contributed by atoms with Gasteiger partial charge in [-0.2, -0.15) is 0 Å². The van der Waals surface area contributed by atoms with Crippen molar-refractivity contribution in [1.29, 1.82) is 0 Å². The normalized spacial score (nSPS) is 13.4. The lowest BCUT2D eigenvalue weighted by molar-refractivity contribution is 0.301. The van der Waals surface area contributed by atoms with Crippen molar-refractivity contribution < 1.29 is 9.15 Å². The number of aromatic amines is 1. The van der Waals surface area contributed by atoms with Gasteiger partial charge < -0.3 is 19.0 Å². The van der Waals surface area contributed by atoms with Gasteiger partial charge in [0.25, 0.3) is 0 Å². The van der Waals surface area contributed by atoms with Gasteiger partial charge in [0, 0.05) is 18.6 Å². The molecule has 8 heteroatoms. The molecule has 0 aliphatic carbocycles. The highest BCUT2D eigenvalue weighted by Gasteiger charge is 2.26. The van der Waals surface area contributed by atoms with Gasteiger partial charge in [0.05, 0.1) is 12.8 Å². The van der Waals surface area contributed by atoms with Crippen molar-refractivity contribution in [2.24, 2.45) is 0 Å². The van der Waals surface area contributed by atoms with Gasteiger partial charge in [0.15, 0.2) is 11.6 Å². The van der Waals surface area contributed by atoms with E-state index < -0.39 is 0 Å². The van der Waals surface area contributed by atoms with Gasteiger partial charge in [-0.1, -0.05) is 6.07 Å². The monoisotopic (exact) mass is 384 g/mol. The maximum Gasteiger partial charge on any atom is 0.238 e. The number of rotatable bonds is 3. The average Bonchev–Trinajstić information content (AvgIpc) is 3.53. The SMILES string of the molecule is c1coc(-c2c(-c3ncc[nH]3)nc3cccc(N4CCOc5ncccc54)n23)c1. The third-order valence-corrected chi connectivity index (χ3v) is 4.97. The van der Waals surface area contributed by atoms with Gasteiger partial charge in [-0.3, -0.25) is 4.40 Å². The van der Waals surface area contributed by atoms with Crippen LogP contribution < -0.4 is 9.64 Å². The molecule has 0 bridgehead atoms. The van der Waals surface area contributed by atoms with Crippen molar-refractivity contribution in [3.8, 4) is 28.9 Å². The molecule has 8 nitrogen and oxygen atoms in total. The molecule has 0 fully saturated rings. The number of H-pyrrole nitrogens is 1. The van der Waals surface area contributed by atoms with Gasteiger partial charge in [0.1, 0.15) is 35.1 Å². The van der Waals surface area contributed by atoms with Crippen molar-refractivity contribution >= 4 is 17.2 Å². The number of imidazole rings is 2. The first-order chi connectivity index (χ1) is 14.4. The van der Waals surface area contributed by atoms with Crippen LogP contribution in [-0.2, 0) is 0 Å². The number of furan rings is 1. The minimum Gasteiger partial charge on any atom is -0.474 e. The number of hydrogen-bond donors (Lipinski definition) is 1. The molecule has 1 aliphatic heterocycles. The van der Waals surface area contributed by atoms with Gasteiger partial charge in [-0.05, 0) is 36.4 Å². The largest absolute Gasteiger partial charge is 0.474 e. The van der Waals surface area contributed by atoms with E-state index >= 15 is 0 Å². The summed E-state index contributed by atoms with van der Waals surface area (Å²) < 4.78 is 13.6. The summed E-state index contributed by atoms with van der Waals surface area (Å²) >= 11 is 0. The lowest BCUT2D eigenvalue weighted by atomic mass is 10.2. The van der Waals surface area contributed by atoms with Crippen LogP contribution in [0.3, 0.4) is 0 Å². The molecule has 5 aromatic rings. The smallest absolute Gasteiger partial charge is 0.238 e. The van der Waals surface area contributed by atoms with Crippen LogP contribution in [0.15, 0.2) is 71.7 Å². The molecule has 0 amide bonds. The fraction of sp³-hybridized carbons (Fsp3) is 0.0952. The number of nitrogens with zero attached hydrogens (tertiary/aromatic N) is 5. The lowest BCUT2D eigenvalue weighted by Crippen LogP contribution is -2.30. The van der Waals surface area contributed by atoms with E-state index in [1.54, 1.807) is 24.9 Å². The van der Waals surface area contributed by atoms with E-state index in [9.17, 15) is 0 Å². The summed E-state index contributed by atoms with van der Waals surface area (Å²) in [5.41, 5.74) is 3.30. The minimum absolute atomic E-state index is 0.552. The highest BCUT2D eigenvalue weighted by atomic mass is 16.5. The summed E-state index contributed by atoms with van der Waals surface area (Å²) in [6.07, 6.45) is 6.91. The summed E-state index contributed by atoms with van der Waals surface area (Å²) in [7, 11) is 0. The van der Waals surface area contributed by atoms with Crippen molar-refractivity contribution in [3.05, 3.63) is 67.3 Å². The molecular formula is C21H16N6O2. The molecule has 0 aromatic carbocycles. The second kappa shape index (κ2) is 6.23. The number of fused-ring (bicyclic) bond motifs is 2. The lowest BCUT2D eigenvalue weighted by Gasteiger charge is -2.30. The number of aromatic nitrogens is 5. The zero-order chi connectivity index (χ0) is 19.2. The molecular weight excluding hydrogens is 368 g/mol. The highest BCUT2D eigenvalue weighted by Crippen LogP contribution is 2.39. The average molecular weight is 384 g/mol. The molecule has 0 saturated carbocycles. The van der Waals surface area contributed by atoms with E-state index in [0.29, 0.717) is 24.9 Å². The van der Waals surface area contributed by atoms with Crippen LogP contribution >= 0.6 is 0 Å². The fourth-order valence-electron chi connectivity index (χ4n) is 3.78. The summed E-state index contributed by atoms with van der Waals surface area (Å²) in [6, 6.07) is 13.8. The van der Waals surface area contributed by atoms with Crippen LogP contribution in [0.4, 0.5) is 11.5 Å². The zero-order valence-corrected chi connectivity index (χ0v) is 15.3. The van der Waals surface area contributed by atoms with Crippen molar-refractivity contribution in [3.63, 3.8) is 0 Å². The van der Waals surface area contributed by atoms with E-state index in [1.165, 1.54) is 0 Å². The standard InChI is InChI=1S/C21H16N6O2/c1-6-16-25-18(20-22-9-10-23-20)19(15-5-3-12-28-15)27(16)17(7-1)26-11-13-29-21-14(26)4-2-8-24-21/h1-10,12H,11,13H2,(H,22,23). The van der Waals surface area contributed by atoms with Crippen LogP contribution in [0.2, 0.25) is 0 Å². The van der Waals surface area contributed by atoms with Crippen molar-refractivity contribution in [2.45, 2.75) is 0 Å². The molecule has 1 N–H and O–H groups in total. The first-order valence-electron chi connectivity index (χ1n) is 9.30. The second-order valence-corrected chi connectivity index (χ2v) is 6.63. The number of ether oxygens (including phenoxy) is 1. The Labute approximate surface area is 165 Å². The molecule has 0 radical (unpaired) electrons. The number of anilines is 2. The maximum atomic E-state index is 5.78. The Morgan fingerprint density at radius 2 is 2.00 bits per heavy atom. The van der Waals surface area contributed by atoms with E-state index in [0.717, 1.165) is 34.3 Å². The van der Waals surface area contributed by atoms with E-state index in [-0.39, 0.29) is 0 Å². The van der Waals surface area contributed by atoms with Gasteiger partial charge in [0.2, 0.25) is 5.88 Å². The van der Waals surface area contributed by atoms with E-state index in [2.05, 4.69) is 30.3 Å². The molecule has 0 spiro atoms. The van der Waals surface area contributed by atoms with E-state index in [1.807, 2.05) is 36.4 Å².